The van der Waals surface area contributed by atoms with Crippen molar-refractivity contribution in [2.24, 2.45) is 0 Å². The Morgan fingerprint density at radius 1 is 1.29 bits per heavy atom. The van der Waals surface area contributed by atoms with Crippen LogP contribution < -0.4 is 4.90 Å². The zero-order chi connectivity index (χ0) is 11.8. The lowest BCUT2D eigenvalue weighted by atomic mass is 10.1. The molecule has 2 atom stereocenters. The van der Waals surface area contributed by atoms with Crippen LogP contribution in [0.1, 0.15) is 19.3 Å². The third-order valence-corrected chi connectivity index (χ3v) is 4.81. The highest BCUT2D eigenvalue weighted by Crippen LogP contribution is 2.32. The zero-order valence-corrected chi connectivity index (χ0v) is 11.7. The summed E-state index contributed by atoms with van der Waals surface area (Å²) in [6, 6.07) is 5.54. The molecule has 0 aromatic carbocycles. The highest BCUT2D eigenvalue weighted by molar-refractivity contribution is 9.10. The maximum atomic E-state index is 4.51. The van der Waals surface area contributed by atoms with Crippen LogP contribution in [0, 0.1) is 0 Å². The largest absolute Gasteiger partial charge is 0.354 e. The van der Waals surface area contributed by atoms with Gasteiger partial charge in [-0.2, -0.15) is 0 Å². The Hall–Kier alpha value is -0.610. The minimum absolute atomic E-state index is 0.705. The molecule has 1 aromatic rings. The van der Waals surface area contributed by atoms with E-state index in [1.54, 1.807) is 0 Å². The Bertz CT molecular complexity index is 409. The second-order valence-corrected chi connectivity index (χ2v) is 5.95. The van der Waals surface area contributed by atoms with Crippen LogP contribution in [0.2, 0.25) is 0 Å². The quantitative estimate of drug-likeness (QED) is 0.794. The van der Waals surface area contributed by atoms with Crippen molar-refractivity contribution < 1.29 is 0 Å². The summed E-state index contributed by atoms with van der Waals surface area (Å²) in [7, 11) is 2.28. The number of fused-ring (bicyclic) bond motifs is 2. The second-order valence-electron chi connectivity index (χ2n) is 5.09. The van der Waals surface area contributed by atoms with Crippen LogP contribution in [0.4, 0.5) is 5.82 Å². The van der Waals surface area contributed by atoms with Crippen molar-refractivity contribution in [3.05, 3.63) is 22.8 Å². The maximum absolute atomic E-state index is 4.51. The van der Waals surface area contributed by atoms with Crippen molar-refractivity contribution in [3.63, 3.8) is 0 Å². The topological polar surface area (TPSA) is 19.4 Å². The van der Waals surface area contributed by atoms with Crippen LogP contribution in [-0.4, -0.2) is 42.1 Å². The van der Waals surface area contributed by atoms with Crippen LogP contribution >= 0.6 is 15.9 Å². The van der Waals surface area contributed by atoms with E-state index in [4.69, 9.17) is 0 Å². The molecule has 0 spiro atoms. The molecular weight excluding hydrogens is 278 g/mol. The first-order valence-corrected chi connectivity index (χ1v) is 7.12. The van der Waals surface area contributed by atoms with E-state index in [0.29, 0.717) is 6.04 Å². The molecule has 2 aliphatic heterocycles. The maximum Gasteiger partial charge on any atom is 0.142 e. The van der Waals surface area contributed by atoms with Gasteiger partial charge >= 0.3 is 0 Å². The van der Waals surface area contributed by atoms with E-state index in [1.807, 2.05) is 12.3 Å². The van der Waals surface area contributed by atoms with Crippen LogP contribution in [-0.2, 0) is 0 Å². The number of aromatic nitrogens is 1. The van der Waals surface area contributed by atoms with Gasteiger partial charge in [0, 0.05) is 31.4 Å². The summed E-state index contributed by atoms with van der Waals surface area (Å²) in [6.45, 7) is 2.24. The average molecular weight is 296 g/mol. The normalized spacial score (nSPS) is 29.4. The first-order valence-electron chi connectivity index (χ1n) is 6.33. The lowest BCUT2D eigenvalue weighted by Crippen LogP contribution is -2.37. The van der Waals surface area contributed by atoms with Gasteiger partial charge in [0.15, 0.2) is 0 Å². The number of anilines is 1. The highest BCUT2D eigenvalue weighted by Gasteiger charge is 2.35. The molecule has 0 aliphatic carbocycles. The molecule has 2 aliphatic rings. The average Bonchev–Trinajstić information content (AvgIpc) is 2.55. The number of rotatable bonds is 1. The Morgan fingerprint density at radius 2 is 2.12 bits per heavy atom. The van der Waals surface area contributed by atoms with Crippen molar-refractivity contribution in [2.45, 2.75) is 31.3 Å². The monoisotopic (exact) mass is 295 g/mol. The number of hydrogen-bond donors (Lipinski definition) is 0. The van der Waals surface area contributed by atoms with E-state index in [-0.39, 0.29) is 0 Å². The van der Waals surface area contributed by atoms with Gasteiger partial charge in [-0.3, -0.25) is 4.90 Å². The Balaban J connectivity index is 1.84. The molecule has 17 heavy (non-hydrogen) atoms. The van der Waals surface area contributed by atoms with Crippen LogP contribution in [0.5, 0.6) is 0 Å². The van der Waals surface area contributed by atoms with Crippen molar-refractivity contribution in [3.8, 4) is 0 Å². The molecule has 0 N–H and O–H groups in total. The molecule has 4 heteroatoms. The highest BCUT2D eigenvalue weighted by atomic mass is 79.9. The molecule has 3 rings (SSSR count). The van der Waals surface area contributed by atoms with Gasteiger partial charge in [-0.25, -0.2) is 4.98 Å². The van der Waals surface area contributed by atoms with Gasteiger partial charge in [-0.15, -0.1) is 0 Å². The van der Waals surface area contributed by atoms with Crippen LogP contribution in [0.3, 0.4) is 0 Å². The SMILES string of the molecule is CN1C2CCC1CN(c1ncccc1Br)CC2. The molecule has 2 bridgehead atoms. The fourth-order valence-electron chi connectivity index (χ4n) is 3.11. The number of nitrogens with zero attached hydrogens (tertiary/aromatic N) is 3. The molecule has 92 valence electrons. The molecule has 0 saturated carbocycles. The van der Waals surface area contributed by atoms with E-state index in [2.05, 4.69) is 43.8 Å². The third-order valence-electron chi connectivity index (χ3n) is 4.19. The molecule has 2 saturated heterocycles. The second kappa shape index (κ2) is 4.58. The molecule has 0 radical (unpaired) electrons. The lowest BCUT2D eigenvalue weighted by Gasteiger charge is -2.27. The minimum atomic E-state index is 0.705. The molecule has 3 heterocycles. The smallest absolute Gasteiger partial charge is 0.142 e. The summed E-state index contributed by atoms with van der Waals surface area (Å²) < 4.78 is 1.11. The summed E-state index contributed by atoms with van der Waals surface area (Å²) in [6.07, 6.45) is 5.85. The summed E-state index contributed by atoms with van der Waals surface area (Å²) >= 11 is 3.61. The summed E-state index contributed by atoms with van der Waals surface area (Å²) in [5.41, 5.74) is 0. The molecule has 2 unspecified atom stereocenters. The van der Waals surface area contributed by atoms with Gasteiger partial charge in [0.05, 0.1) is 4.47 Å². The molecule has 0 amide bonds. The molecule has 2 fully saturated rings. The Kier molecular flexibility index (Phi) is 3.09. The van der Waals surface area contributed by atoms with Gasteiger partial charge in [0.2, 0.25) is 0 Å². The Morgan fingerprint density at radius 3 is 2.94 bits per heavy atom. The predicted molar refractivity (Wildman–Crippen MR) is 73.3 cm³/mol. The third kappa shape index (κ3) is 2.08. The van der Waals surface area contributed by atoms with Crippen molar-refractivity contribution in [2.75, 3.05) is 25.0 Å². The van der Waals surface area contributed by atoms with E-state index >= 15 is 0 Å². The standard InChI is InChI=1S/C13H18BrN3/c1-16-10-4-5-11(16)9-17(8-6-10)13-12(14)3-2-7-15-13/h2-3,7,10-11H,4-6,8-9H2,1H3. The van der Waals surface area contributed by atoms with E-state index in [0.717, 1.165) is 29.4 Å². The van der Waals surface area contributed by atoms with Gasteiger partial charge in [-0.1, -0.05) is 0 Å². The van der Waals surface area contributed by atoms with E-state index in [1.165, 1.54) is 19.3 Å². The summed E-state index contributed by atoms with van der Waals surface area (Å²) in [4.78, 5) is 9.51. The van der Waals surface area contributed by atoms with Crippen molar-refractivity contribution in [1.29, 1.82) is 0 Å². The lowest BCUT2D eigenvalue weighted by molar-refractivity contribution is 0.254. The van der Waals surface area contributed by atoms with Crippen molar-refractivity contribution in [1.82, 2.24) is 9.88 Å². The Labute approximate surface area is 111 Å². The number of pyridine rings is 1. The predicted octanol–water partition coefficient (Wildman–Crippen LogP) is 2.52. The fraction of sp³-hybridized carbons (Fsp3) is 0.615. The van der Waals surface area contributed by atoms with Gasteiger partial charge in [0.1, 0.15) is 5.82 Å². The van der Waals surface area contributed by atoms with E-state index in [9.17, 15) is 0 Å². The first kappa shape index (κ1) is 11.5. The fourth-order valence-corrected chi connectivity index (χ4v) is 3.62. The molecule has 3 nitrogen and oxygen atoms in total. The number of halogens is 1. The van der Waals surface area contributed by atoms with Crippen LogP contribution in [0.15, 0.2) is 22.8 Å². The van der Waals surface area contributed by atoms with E-state index < -0.39 is 0 Å². The summed E-state index contributed by atoms with van der Waals surface area (Å²) in [5.74, 6) is 1.11. The number of hydrogen-bond acceptors (Lipinski definition) is 3. The zero-order valence-electron chi connectivity index (χ0n) is 10.1. The van der Waals surface area contributed by atoms with Gasteiger partial charge in [-0.05, 0) is 54.4 Å². The molecule has 1 aromatic heterocycles. The van der Waals surface area contributed by atoms with Gasteiger partial charge in [0.25, 0.3) is 0 Å². The minimum Gasteiger partial charge on any atom is -0.354 e. The molecular formula is C13H18BrN3. The first-order chi connectivity index (χ1) is 8.25. The van der Waals surface area contributed by atoms with Crippen molar-refractivity contribution >= 4 is 21.7 Å². The van der Waals surface area contributed by atoms with Crippen LogP contribution in [0.25, 0.3) is 0 Å². The van der Waals surface area contributed by atoms with Gasteiger partial charge < -0.3 is 4.90 Å². The summed E-state index contributed by atoms with van der Waals surface area (Å²) in [5, 5.41) is 0. The number of likely N-dealkylation sites (N-methyl/N-ethyl adjacent to an activating group) is 1.